The second-order valence-electron chi connectivity index (χ2n) is 5.42. The molecule has 0 radical (unpaired) electrons. The summed E-state index contributed by atoms with van der Waals surface area (Å²) in [6.45, 7) is 1.88. The average molecular weight is 392 g/mol. The Labute approximate surface area is 156 Å². The van der Waals surface area contributed by atoms with Gasteiger partial charge in [0.15, 0.2) is 10.8 Å². The minimum atomic E-state index is -0.101. The number of pyridine rings is 2. The van der Waals surface area contributed by atoms with Gasteiger partial charge in [-0.15, -0.1) is 10.2 Å². The van der Waals surface area contributed by atoms with Crippen molar-refractivity contribution in [2.45, 2.75) is 17.8 Å². The average Bonchev–Trinajstić information content (AvgIpc) is 2.96. The topological polar surface area (TPSA) is 64.6 Å². The lowest BCUT2D eigenvalue weighted by Crippen LogP contribution is -2.17. The number of nitrogens with zero attached hydrogens (tertiary/aromatic N) is 5. The van der Waals surface area contributed by atoms with E-state index in [1.165, 1.54) is 17.8 Å². The number of hydrogen-bond donors (Lipinski definition) is 0. The number of thioether (sulfide) groups is 1. The second kappa shape index (κ2) is 6.33. The molecule has 4 rings (SSSR count). The van der Waals surface area contributed by atoms with Crippen molar-refractivity contribution in [3.63, 3.8) is 0 Å². The summed E-state index contributed by atoms with van der Waals surface area (Å²) in [6, 6.07) is 8.73. The molecule has 0 saturated heterocycles. The molecule has 4 aromatic rings. The Hall–Kier alpha value is -2.09. The van der Waals surface area contributed by atoms with Crippen LogP contribution in [0.1, 0.15) is 11.4 Å². The molecule has 0 aliphatic heterocycles. The predicted octanol–water partition coefficient (Wildman–Crippen LogP) is 3.64. The summed E-state index contributed by atoms with van der Waals surface area (Å²) in [5.74, 6) is 0.477. The first-order chi connectivity index (χ1) is 12.0. The van der Waals surface area contributed by atoms with E-state index in [9.17, 15) is 4.79 Å². The second-order valence-corrected chi connectivity index (χ2v) is 7.20. The van der Waals surface area contributed by atoms with Gasteiger partial charge in [-0.3, -0.25) is 13.6 Å². The molecular weight excluding hydrogens is 381 g/mol. The number of halogens is 2. The zero-order valence-corrected chi connectivity index (χ0v) is 15.3. The SMILES string of the molecule is Cc1cccc2nc(CSc3nnc4c(Cl)cc(Cl)cn34)cc(=O)n12. The van der Waals surface area contributed by atoms with E-state index in [0.717, 1.165) is 5.69 Å². The molecule has 25 heavy (non-hydrogen) atoms. The summed E-state index contributed by atoms with van der Waals surface area (Å²) < 4.78 is 3.31. The first-order valence-corrected chi connectivity index (χ1v) is 9.08. The highest BCUT2D eigenvalue weighted by molar-refractivity contribution is 7.98. The molecule has 4 aromatic heterocycles. The molecule has 0 aromatic carbocycles. The van der Waals surface area contributed by atoms with Crippen LogP contribution in [-0.4, -0.2) is 24.0 Å². The van der Waals surface area contributed by atoms with Gasteiger partial charge < -0.3 is 0 Å². The summed E-state index contributed by atoms with van der Waals surface area (Å²) in [5.41, 5.74) is 2.58. The van der Waals surface area contributed by atoms with Crippen LogP contribution in [-0.2, 0) is 5.75 Å². The maximum Gasteiger partial charge on any atom is 0.258 e. The number of hydrogen-bond acceptors (Lipinski definition) is 5. The normalized spacial score (nSPS) is 11.5. The highest BCUT2D eigenvalue weighted by atomic mass is 35.5. The maximum atomic E-state index is 12.3. The van der Waals surface area contributed by atoms with Gasteiger partial charge in [0.25, 0.3) is 5.56 Å². The van der Waals surface area contributed by atoms with E-state index in [1.54, 1.807) is 21.1 Å². The fraction of sp³-hybridized carbons (Fsp3) is 0.125. The molecular formula is C16H11Cl2N5OS. The summed E-state index contributed by atoms with van der Waals surface area (Å²) in [4.78, 5) is 16.9. The van der Waals surface area contributed by atoms with Crippen LogP contribution in [0.4, 0.5) is 0 Å². The van der Waals surface area contributed by atoms with E-state index >= 15 is 0 Å². The highest BCUT2D eigenvalue weighted by Crippen LogP contribution is 2.26. The molecule has 0 fully saturated rings. The van der Waals surface area contributed by atoms with Crippen LogP contribution in [0.5, 0.6) is 0 Å². The predicted molar refractivity (Wildman–Crippen MR) is 98.8 cm³/mol. The van der Waals surface area contributed by atoms with Crippen LogP contribution in [0.25, 0.3) is 11.3 Å². The Morgan fingerprint density at radius 2 is 2.04 bits per heavy atom. The van der Waals surface area contributed by atoms with Crippen molar-refractivity contribution in [1.82, 2.24) is 24.0 Å². The molecule has 0 unspecified atom stereocenters. The van der Waals surface area contributed by atoms with Gasteiger partial charge in [0.05, 0.1) is 15.7 Å². The molecule has 126 valence electrons. The van der Waals surface area contributed by atoms with Crippen molar-refractivity contribution in [3.05, 3.63) is 68.3 Å². The lowest BCUT2D eigenvalue weighted by molar-refractivity contribution is 0.918. The highest BCUT2D eigenvalue weighted by Gasteiger charge is 2.12. The number of aromatic nitrogens is 5. The van der Waals surface area contributed by atoms with Crippen LogP contribution < -0.4 is 5.56 Å². The van der Waals surface area contributed by atoms with Gasteiger partial charge in [-0.25, -0.2) is 4.98 Å². The number of rotatable bonds is 3. The minimum Gasteiger partial charge on any atom is -0.275 e. The molecule has 0 saturated carbocycles. The van der Waals surface area contributed by atoms with Crippen LogP contribution in [0.2, 0.25) is 10.0 Å². The minimum absolute atomic E-state index is 0.101. The third-order valence-electron chi connectivity index (χ3n) is 3.68. The van der Waals surface area contributed by atoms with Crippen molar-refractivity contribution in [2.24, 2.45) is 0 Å². The van der Waals surface area contributed by atoms with E-state index < -0.39 is 0 Å². The van der Waals surface area contributed by atoms with E-state index in [1.807, 2.05) is 25.1 Å². The maximum absolute atomic E-state index is 12.3. The summed E-state index contributed by atoms with van der Waals surface area (Å²) in [5, 5.41) is 9.76. The largest absolute Gasteiger partial charge is 0.275 e. The number of fused-ring (bicyclic) bond motifs is 2. The lowest BCUT2D eigenvalue weighted by Gasteiger charge is -2.06. The third kappa shape index (κ3) is 2.99. The van der Waals surface area contributed by atoms with E-state index in [2.05, 4.69) is 15.2 Å². The summed E-state index contributed by atoms with van der Waals surface area (Å²) >= 11 is 13.6. The quantitative estimate of drug-likeness (QED) is 0.498. The van der Waals surface area contributed by atoms with Gasteiger partial charge >= 0.3 is 0 Å². The van der Waals surface area contributed by atoms with E-state index in [-0.39, 0.29) is 5.56 Å². The van der Waals surface area contributed by atoms with Crippen molar-refractivity contribution < 1.29 is 0 Å². The van der Waals surface area contributed by atoms with Gasteiger partial charge in [-0.2, -0.15) is 0 Å². The summed E-state index contributed by atoms with van der Waals surface area (Å²) in [6.07, 6.45) is 1.71. The zero-order valence-electron chi connectivity index (χ0n) is 13.0. The van der Waals surface area contributed by atoms with Crippen LogP contribution in [0.15, 0.2) is 46.5 Å². The fourth-order valence-electron chi connectivity index (χ4n) is 2.58. The Morgan fingerprint density at radius 1 is 1.20 bits per heavy atom. The smallest absolute Gasteiger partial charge is 0.258 e. The molecule has 0 aliphatic carbocycles. The Bertz CT molecular complexity index is 1170. The molecule has 0 N–H and O–H groups in total. The van der Waals surface area contributed by atoms with Crippen molar-refractivity contribution >= 4 is 46.3 Å². The molecule has 0 amide bonds. The van der Waals surface area contributed by atoms with Gasteiger partial charge in [-0.05, 0) is 25.1 Å². The van der Waals surface area contributed by atoms with Crippen LogP contribution >= 0.6 is 35.0 Å². The zero-order chi connectivity index (χ0) is 17.6. The van der Waals surface area contributed by atoms with Gasteiger partial charge in [0.2, 0.25) is 0 Å². The van der Waals surface area contributed by atoms with Gasteiger partial charge in [0.1, 0.15) is 5.65 Å². The summed E-state index contributed by atoms with van der Waals surface area (Å²) in [7, 11) is 0. The van der Waals surface area contributed by atoms with Crippen LogP contribution in [0.3, 0.4) is 0 Å². The Morgan fingerprint density at radius 3 is 2.88 bits per heavy atom. The third-order valence-corrected chi connectivity index (χ3v) is 5.14. The molecule has 0 spiro atoms. The molecule has 0 atom stereocenters. The van der Waals surface area contributed by atoms with E-state index in [0.29, 0.717) is 37.9 Å². The van der Waals surface area contributed by atoms with Crippen molar-refractivity contribution in [2.75, 3.05) is 0 Å². The molecule has 6 nitrogen and oxygen atoms in total. The Kier molecular flexibility index (Phi) is 4.15. The fourth-order valence-corrected chi connectivity index (χ4v) is 3.89. The van der Waals surface area contributed by atoms with Gasteiger partial charge in [0, 0.05) is 23.7 Å². The first kappa shape index (κ1) is 16.4. The van der Waals surface area contributed by atoms with Crippen LogP contribution in [0, 0.1) is 6.92 Å². The lowest BCUT2D eigenvalue weighted by atomic mass is 10.3. The van der Waals surface area contributed by atoms with E-state index in [4.69, 9.17) is 23.2 Å². The molecule has 0 aliphatic rings. The standard InChI is InChI=1S/C16H11Cl2N5OS/c1-9-3-2-4-13-19-11(6-14(24)23(9)13)8-25-16-21-20-15-12(18)5-10(17)7-22(15)16/h2-7H,8H2,1H3. The van der Waals surface area contributed by atoms with Crippen molar-refractivity contribution in [1.29, 1.82) is 0 Å². The first-order valence-electron chi connectivity index (χ1n) is 7.34. The monoisotopic (exact) mass is 391 g/mol. The molecule has 0 bridgehead atoms. The van der Waals surface area contributed by atoms with Gasteiger partial charge in [-0.1, -0.05) is 41.0 Å². The molecule has 9 heteroatoms. The Balaban J connectivity index is 1.68. The number of aryl methyl sites for hydroxylation is 1. The van der Waals surface area contributed by atoms with Crippen molar-refractivity contribution in [3.8, 4) is 0 Å². The molecule has 4 heterocycles.